The summed E-state index contributed by atoms with van der Waals surface area (Å²) in [7, 11) is 0. The summed E-state index contributed by atoms with van der Waals surface area (Å²) in [5, 5.41) is 9.27. The van der Waals surface area contributed by atoms with Crippen LogP contribution >= 0.6 is 0 Å². The Labute approximate surface area is 196 Å². The van der Waals surface area contributed by atoms with Gasteiger partial charge in [0.1, 0.15) is 11.6 Å². The molecular weight excluding hydrogens is 424 g/mol. The van der Waals surface area contributed by atoms with Crippen LogP contribution in [0.4, 0.5) is 0 Å². The van der Waals surface area contributed by atoms with Crippen LogP contribution < -0.4 is 0 Å². The van der Waals surface area contributed by atoms with Gasteiger partial charge in [-0.2, -0.15) is 0 Å². The van der Waals surface area contributed by atoms with Crippen LogP contribution in [0, 0.1) is 11.8 Å². The molecule has 4 aliphatic rings. The highest BCUT2D eigenvalue weighted by molar-refractivity contribution is 5.98. The normalized spacial score (nSPS) is 33.3. The first-order chi connectivity index (χ1) is 16.0. The molecule has 33 heavy (non-hydrogen) atoms. The summed E-state index contributed by atoms with van der Waals surface area (Å²) in [6.45, 7) is 6.70. The minimum atomic E-state index is -0.983. The number of fused-ring (bicyclic) bond motifs is 1. The summed E-state index contributed by atoms with van der Waals surface area (Å²) in [4.78, 5) is 44.3. The molecule has 3 saturated heterocycles. The summed E-state index contributed by atoms with van der Waals surface area (Å²) >= 11 is 0. The maximum atomic E-state index is 14.2. The number of likely N-dealkylation sites (tertiary alicyclic amines) is 1. The predicted octanol–water partition coefficient (Wildman–Crippen LogP) is 2.04. The van der Waals surface area contributed by atoms with Crippen LogP contribution in [0.25, 0.3) is 0 Å². The topological polar surface area (TPSA) is 96.4 Å². The van der Waals surface area contributed by atoms with Crippen LogP contribution in [0.15, 0.2) is 12.7 Å². The highest BCUT2D eigenvalue weighted by atomic mass is 16.6. The quantitative estimate of drug-likeness (QED) is 0.303. The van der Waals surface area contributed by atoms with Crippen LogP contribution in [0.5, 0.6) is 0 Å². The molecular formula is C25H38N2O6. The standard InChI is InChI=1S/C25H38N2O6/c1-3-14-26(17-10-6-5-7-11-17)23(30)21-25-13-12-18(33-25)19(24(31)32-4-2)20(25)22(29)27(21)15-8-9-16-28/h3,17-21,28H,1,4-16H2,2H3/t18-,19+,20+,21?,25?/m1/s1. The number of rotatable bonds is 10. The first-order valence-electron chi connectivity index (χ1n) is 12.7. The molecule has 4 rings (SSSR count). The summed E-state index contributed by atoms with van der Waals surface area (Å²) < 4.78 is 11.7. The van der Waals surface area contributed by atoms with Crippen LogP contribution in [0.3, 0.4) is 0 Å². The molecule has 1 spiro atoms. The molecule has 5 atom stereocenters. The molecule has 8 nitrogen and oxygen atoms in total. The van der Waals surface area contributed by atoms with Gasteiger partial charge in [0, 0.05) is 25.7 Å². The van der Waals surface area contributed by atoms with Gasteiger partial charge in [0.2, 0.25) is 11.8 Å². The fraction of sp³-hybridized carbons (Fsp3) is 0.800. The molecule has 1 N–H and O–H groups in total. The van der Waals surface area contributed by atoms with Gasteiger partial charge in [0.25, 0.3) is 0 Å². The number of unbranched alkanes of at least 4 members (excludes halogenated alkanes) is 1. The Morgan fingerprint density at radius 3 is 2.70 bits per heavy atom. The van der Waals surface area contributed by atoms with Gasteiger partial charge >= 0.3 is 5.97 Å². The van der Waals surface area contributed by atoms with Crippen molar-refractivity contribution in [1.29, 1.82) is 0 Å². The van der Waals surface area contributed by atoms with E-state index in [9.17, 15) is 19.5 Å². The summed E-state index contributed by atoms with van der Waals surface area (Å²) in [5.74, 6) is -2.02. The van der Waals surface area contributed by atoms with Crippen molar-refractivity contribution in [3.8, 4) is 0 Å². The lowest BCUT2D eigenvalue weighted by atomic mass is 9.70. The predicted molar refractivity (Wildman–Crippen MR) is 121 cm³/mol. The van der Waals surface area contributed by atoms with E-state index in [2.05, 4.69) is 6.58 Å². The van der Waals surface area contributed by atoms with Gasteiger partial charge in [0.05, 0.1) is 24.5 Å². The Balaban J connectivity index is 1.68. The van der Waals surface area contributed by atoms with E-state index in [0.717, 1.165) is 25.7 Å². The molecule has 3 heterocycles. The number of amides is 2. The van der Waals surface area contributed by atoms with E-state index in [0.29, 0.717) is 38.8 Å². The second-order valence-corrected chi connectivity index (χ2v) is 9.84. The Morgan fingerprint density at radius 2 is 2.03 bits per heavy atom. The molecule has 2 bridgehead atoms. The number of carbonyl (C=O) groups excluding carboxylic acids is 3. The fourth-order valence-electron chi connectivity index (χ4n) is 6.68. The number of hydrogen-bond donors (Lipinski definition) is 1. The fourth-order valence-corrected chi connectivity index (χ4v) is 6.68. The van der Waals surface area contributed by atoms with Crippen molar-refractivity contribution in [3.05, 3.63) is 12.7 Å². The summed E-state index contributed by atoms with van der Waals surface area (Å²) in [6, 6.07) is -0.617. The zero-order valence-electron chi connectivity index (χ0n) is 19.7. The highest BCUT2D eigenvalue weighted by Crippen LogP contribution is 2.59. The number of ether oxygens (including phenoxy) is 2. The second-order valence-electron chi connectivity index (χ2n) is 9.84. The minimum Gasteiger partial charge on any atom is -0.466 e. The maximum absolute atomic E-state index is 14.2. The number of carbonyl (C=O) groups is 3. The Kier molecular flexibility index (Phi) is 7.43. The first-order valence-corrected chi connectivity index (χ1v) is 12.7. The zero-order valence-corrected chi connectivity index (χ0v) is 19.7. The number of aliphatic hydroxyl groups is 1. The van der Waals surface area contributed by atoms with Crippen molar-refractivity contribution in [3.63, 3.8) is 0 Å². The van der Waals surface area contributed by atoms with Gasteiger partial charge in [0.15, 0.2) is 0 Å². The summed E-state index contributed by atoms with van der Waals surface area (Å²) in [5.41, 5.74) is -0.983. The average Bonchev–Trinajstić information content (AvgIpc) is 3.46. The van der Waals surface area contributed by atoms with Gasteiger partial charge in [-0.1, -0.05) is 25.3 Å². The molecule has 0 aromatic carbocycles. The molecule has 4 fully saturated rings. The van der Waals surface area contributed by atoms with E-state index in [1.54, 1.807) is 17.9 Å². The van der Waals surface area contributed by atoms with Gasteiger partial charge in [-0.25, -0.2) is 0 Å². The molecule has 1 saturated carbocycles. The molecule has 0 aromatic rings. The van der Waals surface area contributed by atoms with Crippen molar-refractivity contribution in [2.45, 2.75) is 88.5 Å². The third kappa shape index (κ3) is 4.09. The van der Waals surface area contributed by atoms with Crippen molar-refractivity contribution in [2.75, 3.05) is 26.3 Å². The third-order valence-electron chi connectivity index (χ3n) is 8.02. The number of aliphatic hydroxyl groups excluding tert-OH is 1. The highest BCUT2D eigenvalue weighted by Gasteiger charge is 2.75. The van der Waals surface area contributed by atoms with Gasteiger partial charge in [-0.15, -0.1) is 6.58 Å². The van der Waals surface area contributed by atoms with E-state index in [1.807, 2.05) is 4.90 Å². The number of hydrogen-bond acceptors (Lipinski definition) is 6. The second kappa shape index (κ2) is 10.1. The molecule has 184 valence electrons. The minimum absolute atomic E-state index is 0.0317. The Hall–Kier alpha value is -1.93. The van der Waals surface area contributed by atoms with E-state index in [-0.39, 0.29) is 37.2 Å². The van der Waals surface area contributed by atoms with E-state index >= 15 is 0 Å². The lowest BCUT2D eigenvalue weighted by molar-refractivity contribution is -0.155. The van der Waals surface area contributed by atoms with Gasteiger partial charge in [-0.05, 0) is 45.4 Å². The van der Waals surface area contributed by atoms with Crippen molar-refractivity contribution < 1.29 is 29.0 Å². The van der Waals surface area contributed by atoms with Crippen LogP contribution in [0.1, 0.15) is 64.7 Å². The van der Waals surface area contributed by atoms with Crippen LogP contribution in [-0.2, 0) is 23.9 Å². The molecule has 3 aliphatic heterocycles. The third-order valence-corrected chi connectivity index (χ3v) is 8.02. The largest absolute Gasteiger partial charge is 0.466 e. The van der Waals surface area contributed by atoms with Crippen molar-refractivity contribution in [2.24, 2.45) is 11.8 Å². The average molecular weight is 463 g/mol. The lowest BCUT2D eigenvalue weighted by Gasteiger charge is -2.40. The smallest absolute Gasteiger partial charge is 0.312 e. The van der Waals surface area contributed by atoms with E-state index in [1.165, 1.54) is 6.42 Å². The monoisotopic (exact) mass is 462 g/mol. The molecule has 1 aliphatic carbocycles. The Bertz CT molecular complexity index is 766. The van der Waals surface area contributed by atoms with Crippen LogP contribution in [0.2, 0.25) is 0 Å². The van der Waals surface area contributed by atoms with E-state index in [4.69, 9.17) is 9.47 Å². The van der Waals surface area contributed by atoms with Crippen molar-refractivity contribution in [1.82, 2.24) is 9.80 Å². The molecule has 8 heteroatoms. The summed E-state index contributed by atoms with van der Waals surface area (Å²) in [6.07, 6.45) is 9.01. The number of nitrogens with zero attached hydrogens (tertiary/aromatic N) is 2. The van der Waals surface area contributed by atoms with Crippen LogP contribution in [-0.4, -0.2) is 82.8 Å². The Morgan fingerprint density at radius 1 is 1.27 bits per heavy atom. The first kappa shape index (κ1) is 24.2. The molecule has 0 radical (unpaired) electrons. The maximum Gasteiger partial charge on any atom is 0.312 e. The lowest BCUT2D eigenvalue weighted by Crippen LogP contribution is -2.58. The SMILES string of the molecule is C=CCN(C(=O)C1N(CCCCO)C(=O)[C@@H]2[C@@H](C(=O)OCC)[C@H]3CCC12O3)C1CCCCC1. The van der Waals surface area contributed by atoms with Crippen molar-refractivity contribution >= 4 is 17.8 Å². The molecule has 0 aromatic heterocycles. The molecule has 2 unspecified atom stereocenters. The van der Waals surface area contributed by atoms with Gasteiger partial charge < -0.3 is 24.4 Å². The zero-order chi connectivity index (χ0) is 23.6. The van der Waals surface area contributed by atoms with Gasteiger partial charge in [-0.3, -0.25) is 14.4 Å². The number of esters is 1. The van der Waals surface area contributed by atoms with E-state index < -0.39 is 29.4 Å². The molecule has 2 amide bonds.